The van der Waals surface area contributed by atoms with E-state index in [1.165, 1.54) is 0 Å². The molecule has 0 heterocycles. The molecule has 0 unspecified atom stereocenters. The molecule has 1 N–H and O–H groups in total. The summed E-state index contributed by atoms with van der Waals surface area (Å²) in [5.74, 6) is 1.04. The average Bonchev–Trinajstić information content (AvgIpc) is 2.44. The summed E-state index contributed by atoms with van der Waals surface area (Å²) in [7, 11) is 5.55. The number of ether oxygens (including phenoxy) is 2. The standard InChI is InChI=1S/C14H21ClN2O3/c1-17(2)7-8-20-14-11(10-16-13(18)9-15)5-4-6-12(14)19-3/h4-6H,7-10H2,1-3H3,(H,16,18). The molecule has 0 saturated carbocycles. The normalized spacial score (nSPS) is 10.4. The van der Waals surface area contributed by atoms with Crippen molar-refractivity contribution in [2.24, 2.45) is 0 Å². The minimum absolute atomic E-state index is 0.0548. The number of carbonyl (C=O) groups is 1. The number of methoxy groups -OCH3 is 1. The van der Waals surface area contributed by atoms with Crippen molar-refractivity contribution in [2.75, 3.05) is 40.2 Å². The summed E-state index contributed by atoms with van der Waals surface area (Å²) in [4.78, 5) is 13.3. The zero-order valence-electron chi connectivity index (χ0n) is 12.1. The SMILES string of the molecule is COc1cccc(CNC(=O)CCl)c1OCCN(C)C. The van der Waals surface area contributed by atoms with Gasteiger partial charge in [-0.3, -0.25) is 4.79 Å². The number of amides is 1. The lowest BCUT2D eigenvalue weighted by atomic mass is 10.2. The molecular formula is C14H21ClN2O3. The molecule has 112 valence electrons. The van der Waals surface area contributed by atoms with Gasteiger partial charge in [0.15, 0.2) is 11.5 Å². The third kappa shape index (κ3) is 5.27. The lowest BCUT2D eigenvalue weighted by Gasteiger charge is -2.17. The zero-order valence-corrected chi connectivity index (χ0v) is 12.9. The number of alkyl halides is 1. The molecular weight excluding hydrogens is 280 g/mol. The number of halogens is 1. The Balaban J connectivity index is 2.78. The van der Waals surface area contributed by atoms with E-state index in [-0.39, 0.29) is 11.8 Å². The van der Waals surface area contributed by atoms with Gasteiger partial charge in [0.05, 0.1) is 7.11 Å². The minimum atomic E-state index is -0.214. The molecule has 0 aromatic heterocycles. The second-order valence-corrected chi connectivity index (χ2v) is 4.78. The third-order valence-corrected chi connectivity index (χ3v) is 2.91. The van der Waals surface area contributed by atoms with Crippen LogP contribution in [0.2, 0.25) is 0 Å². The van der Waals surface area contributed by atoms with E-state index in [1.807, 2.05) is 37.2 Å². The van der Waals surface area contributed by atoms with E-state index in [0.717, 1.165) is 12.1 Å². The smallest absolute Gasteiger partial charge is 0.235 e. The summed E-state index contributed by atoms with van der Waals surface area (Å²) >= 11 is 5.46. The number of likely N-dealkylation sites (N-methyl/N-ethyl adjacent to an activating group) is 1. The summed E-state index contributed by atoms with van der Waals surface area (Å²) < 4.78 is 11.1. The fourth-order valence-electron chi connectivity index (χ4n) is 1.60. The van der Waals surface area contributed by atoms with Crippen molar-refractivity contribution < 1.29 is 14.3 Å². The Morgan fingerprint density at radius 1 is 1.40 bits per heavy atom. The molecule has 0 aliphatic carbocycles. The summed E-state index contributed by atoms with van der Waals surface area (Å²) in [6, 6.07) is 5.58. The molecule has 0 aliphatic heterocycles. The lowest BCUT2D eigenvalue weighted by molar-refractivity contribution is -0.118. The predicted octanol–water partition coefficient (Wildman–Crippen LogP) is 1.49. The summed E-state index contributed by atoms with van der Waals surface area (Å²) in [5, 5.41) is 2.72. The molecule has 6 heteroatoms. The molecule has 1 aromatic carbocycles. The van der Waals surface area contributed by atoms with Crippen LogP contribution in [-0.4, -0.2) is 51.0 Å². The van der Waals surface area contributed by atoms with Gasteiger partial charge in [-0.1, -0.05) is 12.1 Å². The predicted molar refractivity (Wildman–Crippen MR) is 79.6 cm³/mol. The van der Waals surface area contributed by atoms with Gasteiger partial charge in [0, 0.05) is 18.7 Å². The fraction of sp³-hybridized carbons (Fsp3) is 0.500. The minimum Gasteiger partial charge on any atom is -0.493 e. The van der Waals surface area contributed by atoms with Crippen LogP contribution in [-0.2, 0) is 11.3 Å². The molecule has 1 amide bonds. The molecule has 0 radical (unpaired) electrons. The maximum atomic E-state index is 11.2. The van der Waals surface area contributed by atoms with Crippen LogP contribution >= 0.6 is 11.6 Å². The van der Waals surface area contributed by atoms with Crippen LogP contribution in [0.4, 0.5) is 0 Å². The molecule has 20 heavy (non-hydrogen) atoms. The van der Waals surface area contributed by atoms with Crippen LogP contribution in [0.25, 0.3) is 0 Å². The molecule has 0 saturated heterocycles. The summed E-state index contributed by atoms with van der Waals surface area (Å²) in [5.41, 5.74) is 0.863. The molecule has 1 rings (SSSR count). The molecule has 1 aromatic rings. The van der Waals surface area contributed by atoms with Gasteiger partial charge in [-0.15, -0.1) is 11.6 Å². The first-order valence-electron chi connectivity index (χ1n) is 6.34. The molecule has 0 bridgehead atoms. The second kappa shape index (κ2) is 8.66. The van der Waals surface area contributed by atoms with E-state index in [9.17, 15) is 4.79 Å². The topological polar surface area (TPSA) is 50.8 Å². The van der Waals surface area contributed by atoms with Crippen molar-refractivity contribution >= 4 is 17.5 Å². The van der Waals surface area contributed by atoms with Gasteiger partial charge in [-0.05, 0) is 20.2 Å². The van der Waals surface area contributed by atoms with Crippen LogP contribution in [0.1, 0.15) is 5.56 Å². The van der Waals surface area contributed by atoms with Gasteiger partial charge >= 0.3 is 0 Å². The van der Waals surface area contributed by atoms with Gasteiger partial charge in [-0.25, -0.2) is 0 Å². The van der Waals surface area contributed by atoms with Crippen molar-refractivity contribution in [3.63, 3.8) is 0 Å². The zero-order chi connectivity index (χ0) is 15.0. The quantitative estimate of drug-likeness (QED) is 0.739. The van der Waals surface area contributed by atoms with E-state index in [2.05, 4.69) is 5.32 Å². The van der Waals surface area contributed by atoms with Crippen molar-refractivity contribution in [3.8, 4) is 11.5 Å². The van der Waals surface area contributed by atoms with Crippen LogP contribution < -0.4 is 14.8 Å². The highest BCUT2D eigenvalue weighted by molar-refractivity contribution is 6.27. The molecule has 0 fully saturated rings. The van der Waals surface area contributed by atoms with E-state index in [4.69, 9.17) is 21.1 Å². The number of nitrogens with zero attached hydrogens (tertiary/aromatic N) is 1. The monoisotopic (exact) mass is 300 g/mol. The van der Waals surface area contributed by atoms with Crippen LogP contribution in [0.3, 0.4) is 0 Å². The maximum absolute atomic E-state index is 11.2. The number of para-hydroxylation sites is 1. The van der Waals surface area contributed by atoms with Crippen molar-refractivity contribution in [1.82, 2.24) is 10.2 Å². The van der Waals surface area contributed by atoms with Gasteiger partial charge in [-0.2, -0.15) is 0 Å². The maximum Gasteiger partial charge on any atom is 0.235 e. The highest BCUT2D eigenvalue weighted by atomic mass is 35.5. The number of carbonyl (C=O) groups excluding carboxylic acids is 1. The Labute approximate surface area is 124 Å². The van der Waals surface area contributed by atoms with Gasteiger partial charge in [0.1, 0.15) is 12.5 Å². The Morgan fingerprint density at radius 2 is 2.15 bits per heavy atom. The highest BCUT2D eigenvalue weighted by Gasteiger charge is 2.11. The highest BCUT2D eigenvalue weighted by Crippen LogP contribution is 2.31. The van der Waals surface area contributed by atoms with Gasteiger partial charge in [0.25, 0.3) is 0 Å². The number of nitrogens with one attached hydrogen (secondary N) is 1. The largest absolute Gasteiger partial charge is 0.493 e. The molecule has 0 aliphatic rings. The van der Waals surface area contributed by atoms with Gasteiger partial charge < -0.3 is 19.7 Å². The molecule has 0 atom stereocenters. The third-order valence-electron chi connectivity index (χ3n) is 2.66. The number of hydrogen-bond donors (Lipinski definition) is 1. The van der Waals surface area contributed by atoms with E-state index in [0.29, 0.717) is 24.7 Å². The van der Waals surface area contributed by atoms with Crippen molar-refractivity contribution in [3.05, 3.63) is 23.8 Å². The number of benzene rings is 1. The first kappa shape index (κ1) is 16.6. The Kier molecular flexibility index (Phi) is 7.18. The average molecular weight is 301 g/mol. The number of rotatable bonds is 8. The van der Waals surface area contributed by atoms with Gasteiger partial charge in [0.2, 0.25) is 5.91 Å². The summed E-state index contributed by atoms with van der Waals surface area (Å²) in [6.45, 7) is 1.70. The fourth-order valence-corrected chi connectivity index (χ4v) is 1.69. The Morgan fingerprint density at radius 3 is 2.75 bits per heavy atom. The van der Waals surface area contributed by atoms with E-state index >= 15 is 0 Å². The first-order chi connectivity index (χ1) is 9.58. The van der Waals surface area contributed by atoms with E-state index < -0.39 is 0 Å². The lowest BCUT2D eigenvalue weighted by Crippen LogP contribution is -2.24. The van der Waals surface area contributed by atoms with E-state index in [1.54, 1.807) is 7.11 Å². The summed E-state index contributed by atoms with van der Waals surface area (Å²) in [6.07, 6.45) is 0. The van der Waals surface area contributed by atoms with Crippen molar-refractivity contribution in [2.45, 2.75) is 6.54 Å². The van der Waals surface area contributed by atoms with Crippen LogP contribution in [0, 0.1) is 0 Å². The van der Waals surface area contributed by atoms with Crippen LogP contribution in [0.5, 0.6) is 11.5 Å². The molecule has 5 nitrogen and oxygen atoms in total. The molecule has 0 spiro atoms. The Bertz CT molecular complexity index is 438. The number of hydrogen-bond acceptors (Lipinski definition) is 4. The second-order valence-electron chi connectivity index (χ2n) is 4.51. The van der Waals surface area contributed by atoms with Crippen LogP contribution in [0.15, 0.2) is 18.2 Å². The Hall–Kier alpha value is -1.46. The first-order valence-corrected chi connectivity index (χ1v) is 6.88. The van der Waals surface area contributed by atoms with Crippen molar-refractivity contribution in [1.29, 1.82) is 0 Å².